The SMILES string of the molecule is Cc1cnc(Nc2ccc(N3CCOCC3)cc2)nc1N1CCC(C(N)=O)CC1. The van der Waals surface area contributed by atoms with Crippen LogP contribution in [-0.2, 0) is 9.53 Å². The number of nitrogens with zero attached hydrogens (tertiary/aromatic N) is 4. The van der Waals surface area contributed by atoms with Crippen LogP contribution in [0.2, 0.25) is 0 Å². The molecular formula is C21H28N6O2. The van der Waals surface area contributed by atoms with E-state index < -0.39 is 0 Å². The highest BCUT2D eigenvalue weighted by Crippen LogP contribution is 2.26. The number of aromatic nitrogens is 2. The third-order valence-corrected chi connectivity index (χ3v) is 5.64. The van der Waals surface area contributed by atoms with Crippen LogP contribution in [0.5, 0.6) is 0 Å². The lowest BCUT2D eigenvalue weighted by Gasteiger charge is -2.32. The first-order valence-corrected chi connectivity index (χ1v) is 10.2. The first kappa shape index (κ1) is 19.4. The van der Waals surface area contributed by atoms with Crippen LogP contribution in [0.15, 0.2) is 30.5 Å². The van der Waals surface area contributed by atoms with Gasteiger partial charge in [0, 0.05) is 55.2 Å². The molecule has 3 heterocycles. The number of nitrogens with two attached hydrogens (primary N) is 1. The van der Waals surface area contributed by atoms with Gasteiger partial charge in [0.2, 0.25) is 11.9 Å². The topological polar surface area (TPSA) is 96.6 Å². The van der Waals surface area contributed by atoms with Crippen LogP contribution in [0.25, 0.3) is 0 Å². The van der Waals surface area contributed by atoms with Crippen molar-refractivity contribution >= 4 is 29.0 Å². The number of ether oxygens (including phenoxy) is 1. The molecule has 0 saturated carbocycles. The Balaban J connectivity index is 1.43. The second-order valence-electron chi connectivity index (χ2n) is 7.64. The van der Waals surface area contributed by atoms with Gasteiger partial charge in [0.1, 0.15) is 5.82 Å². The molecule has 2 aliphatic heterocycles. The summed E-state index contributed by atoms with van der Waals surface area (Å²) in [6.45, 7) is 6.95. The zero-order valence-electron chi connectivity index (χ0n) is 16.8. The summed E-state index contributed by atoms with van der Waals surface area (Å²) in [7, 11) is 0. The molecule has 8 nitrogen and oxygen atoms in total. The molecule has 29 heavy (non-hydrogen) atoms. The first-order valence-electron chi connectivity index (χ1n) is 10.2. The van der Waals surface area contributed by atoms with E-state index >= 15 is 0 Å². The average Bonchev–Trinajstić information content (AvgIpc) is 2.76. The number of hydrogen-bond acceptors (Lipinski definition) is 7. The third-order valence-electron chi connectivity index (χ3n) is 5.64. The fourth-order valence-electron chi connectivity index (χ4n) is 3.90. The summed E-state index contributed by atoms with van der Waals surface area (Å²) in [4.78, 5) is 25.1. The normalized spacial score (nSPS) is 18.0. The van der Waals surface area contributed by atoms with Crippen molar-refractivity contribution in [1.29, 1.82) is 0 Å². The summed E-state index contributed by atoms with van der Waals surface area (Å²) in [6, 6.07) is 8.31. The van der Waals surface area contributed by atoms with E-state index in [0.29, 0.717) is 5.95 Å². The van der Waals surface area contributed by atoms with Gasteiger partial charge in [0.05, 0.1) is 13.2 Å². The maximum absolute atomic E-state index is 11.4. The zero-order valence-corrected chi connectivity index (χ0v) is 16.8. The summed E-state index contributed by atoms with van der Waals surface area (Å²) in [5, 5.41) is 3.30. The van der Waals surface area contributed by atoms with Gasteiger partial charge in [-0.25, -0.2) is 4.98 Å². The van der Waals surface area contributed by atoms with Crippen LogP contribution in [0.3, 0.4) is 0 Å². The van der Waals surface area contributed by atoms with Gasteiger partial charge in [-0.15, -0.1) is 0 Å². The fraction of sp³-hybridized carbons (Fsp3) is 0.476. The Morgan fingerprint density at radius 3 is 2.45 bits per heavy atom. The van der Waals surface area contributed by atoms with Gasteiger partial charge in [-0.05, 0) is 44.0 Å². The number of morpholine rings is 1. The molecule has 2 fully saturated rings. The second-order valence-corrected chi connectivity index (χ2v) is 7.64. The Hall–Kier alpha value is -2.87. The Bertz CT molecular complexity index is 843. The van der Waals surface area contributed by atoms with E-state index in [9.17, 15) is 4.79 Å². The maximum Gasteiger partial charge on any atom is 0.229 e. The van der Waals surface area contributed by atoms with E-state index in [1.807, 2.05) is 25.3 Å². The molecule has 1 amide bonds. The van der Waals surface area contributed by atoms with Gasteiger partial charge < -0.3 is 25.6 Å². The fourth-order valence-corrected chi connectivity index (χ4v) is 3.90. The second kappa shape index (κ2) is 8.65. The quantitative estimate of drug-likeness (QED) is 0.798. The molecule has 0 aliphatic carbocycles. The number of amides is 1. The predicted molar refractivity (Wildman–Crippen MR) is 114 cm³/mol. The number of aryl methyl sites for hydroxylation is 1. The maximum atomic E-state index is 11.4. The van der Waals surface area contributed by atoms with Gasteiger partial charge in [0.25, 0.3) is 0 Å². The molecular weight excluding hydrogens is 368 g/mol. The van der Waals surface area contributed by atoms with Crippen molar-refractivity contribution in [2.75, 3.05) is 54.5 Å². The molecule has 0 atom stereocenters. The highest BCUT2D eigenvalue weighted by molar-refractivity contribution is 5.77. The van der Waals surface area contributed by atoms with Crippen molar-refractivity contribution < 1.29 is 9.53 Å². The molecule has 2 aliphatic rings. The number of benzene rings is 1. The summed E-state index contributed by atoms with van der Waals surface area (Å²) in [5.41, 5.74) is 8.62. The lowest BCUT2D eigenvalue weighted by molar-refractivity contribution is -0.122. The molecule has 2 saturated heterocycles. The number of hydrogen-bond donors (Lipinski definition) is 2. The molecule has 4 rings (SSSR count). The van der Waals surface area contributed by atoms with Crippen LogP contribution in [0, 0.1) is 12.8 Å². The standard InChI is InChI=1S/C21H28N6O2/c1-15-14-23-21(25-20(15)27-8-6-16(7-9-27)19(22)28)24-17-2-4-18(5-3-17)26-10-12-29-13-11-26/h2-5,14,16H,6-13H2,1H3,(H2,22,28)(H,23,24,25). The minimum absolute atomic E-state index is 0.0315. The van der Waals surface area contributed by atoms with Gasteiger partial charge in [-0.2, -0.15) is 4.98 Å². The lowest BCUT2D eigenvalue weighted by atomic mass is 9.96. The first-order chi connectivity index (χ1) is 14.1. The van der Waals surface area contributed by atoms with E-state index in [2.05, 4.69) is 32.2 Å². The van der Waals surface area contributed by atoms with Gasteiger partial charge in [-0.3, -0.25) is 4.79 Å². The Morgan fingerprint density at radius 2 is 1.79 bits per heavy atom. The average molecular weight is 396 g/mol. The zero-order chi connectivity index (χ0) is 20.2. The number of rotatable bonds is 5. The van der Waals surface area contributed by atoms with Gasteiger partial charge in [0.15, 0.2) is 0 Å². The van der Waals surface area contributed by atoms with E-state index in [1.54, 1.807) is 0 Å². The monoisotopic (exact) mass is 396 g/mol. The summed E-state index contributed by atoms with van der Waals surface area (Å²) >= 11 is 0. The van der Waals surface area contributed by atoms with Crippen molar-refractivity contribution in [3.63, 3.8) is 0 Å². The van der Waals surface area contributed by atoms with Crippen molar-refractivity contribution in [1.82, 2.24) is 9.97 Å². The van der Waals surface area contributed by atoms with Crippen LogP contribution >= 0.6 is 0 Å². The molecule has 2 aromatic rings. The van der Waals surface area contributed by atoms with E-state index in [0.717, 1.165) is 69.3 Å². The van der Waals surface area contributed by atoms with E-state index in [1.165, 1.54) is 5.69 Å². The molecule has 1 aromatic heterocycles. The van der Waals surface area contributed by atoms with E-state index in [-0.39, 0.29) is 11.8 Å². The van der Waals surface area contributed by atoms with Crippen LogP contribution in [-0.4, -0.2) is 55.3 Å². The molecule has 3 N–H and O–H groups in total. The highest BCUT2D eigenvalue weighted by Gasteiger charge is 2.25. The lowest BCUT2D eigenvalue weighted by Crippen LogP contribution is -2.39. The number of anilines is 4. The van der Waals surface area contributed by atoms with Crippen LogP contribution in [0.1, 0.15) is 18.4 Å². The summed E-state index contributed by atoms with van der Waals surface area (Å²) in [5.74, 6) is 1.25. The van der Waals surface area contributed by atoms with Gasteiger partial charge in [-0.1, -0.05) is 0 Å². The number of carbonyl (C=O) groups excluding carboxylic acids is 1. The minimum atomic E-state index is -0.202. The highest BCUT2D eigenvalue weighted by atomic mass is 16.5. The minimum Gasteiger partial charge on any atom is -0.378 e. The Labute approximate surface area is 171 Å². The number of piperidine rings is 1. The number of nitrogens with one attached hydrogen (secondary N) is 1. The Morgan fingerprint density at radius 1 is 1.10 bits per heavy atom. The largest absolute Gasteiger partial charge is 0.378 e. The third kappa shape index (κ3) is 4.59. The van der Waals surface area contributed by atoms with Gasteiger partial charge >= 0.3 is 0 Å². The molecule has 0 spiro atoms. The predicted octanol–water partition coefficient (Wildman–Crippen LogP) is 2.07. The van der Waals surface area contributed by atoms with Crippen molar-refractivity contribution in [3.8, 4) is 0 Å². The number of carbonyl (C=O) groups is 1. The summed E-state index contributed by atoms with van der Waals surface area (Å²) < 4.78 is 5.41. The Kier molecular flexibility index (Phi) is 5.80. The van der Waals surface area contributed by atoms with Crippen molar-refractivity contribution in [2.45, 2.75) is 19.8 Å². The molecule has 154 valence electrons. The molecule has 0 bridgehead atoms. The molecule has 1 aromatic carbocycles. The van der Waals surface area contributed by atoms with Crippen LogP contribution in [0.4, 0.5) is 23.1 Å². The molecule has 8 heteroatoms. The van der Waals surface area contributed by atoms with Crippen molar-refractivity contribution in [3.05, 3.63) is 36.0 Å². The van der Waals surface area contributed by atoms with Crippen molar-refractivity contribution in [2.24, 2.45) is 11.7 Å². The molecule has 0 radical (unpaired) electrons. The number of primary amides is 1. The molecule has 0 unspecified atom stereocenters. The smallest absolute Gasteiger partial charge is 0.229 e. The van der Waals surface area contributed by atoms with Crippen LogP contribution < -0.4 is 20.9 Å². The van der Waals surface area contributed by atoms with E-state index in [4.69, 9.17) is 15.5 Å². The summed E-state index contributed by atoms with van der Waals surface area (Å²) in [6.07, 6.45) is 3.38.